The van der Waals surface area contributed by atoms with Gasteiger partial charge in [-0.3, -0.25) is 9.59 Å². The minimum Gasteiger partial charge on any atom is -0.494 e. The molecule has 5 nitrogen and oxygen atoms in total. The Kier molecular flexibility index (Phi) is 5.81. The molecule has 0 heterocycles. The first-order valence-electron chi connectivity index (χ1n) is 7.90. The summed E-state index contributed by atoms with van der Waals surface area (Å²) < 4.78 is 5.39. The lowest BCUT2D eigenvalue weighted by Crippen LogP contribution is -2.43. The van der Waals surface area contributed by atoms with Crippen LogP contribution in [-0.2, 0) is 9.59 Å². The predicted octanol–water partition coefficient (Wildman–Crippen LogP) is 2.50. The second-order valence-corrected chi connectivity index (χ2v) is 5.58. The highest BCUT2D eigenvalue weighted by Gasteiger charge is 2.20. The SMILES string of the molecule is CCOc1ccc(N(CC(=O)NC2CCCC2)C(C)=O)cc1. The normalized spacial score (nSPS) is 14.6. The van der Waals surface area contributed by atoms with Crippen molar-refractivity contribution < 1.29 is 14.3 Å². The molecule has 120 valence electrons. The summed E-state index contributed by atoms with van der Waals surface area (Å²) in [5, 5.41) is 3.01. The second-order valence-electron chi connectivity index (χ2n) is 5.58. The summed E-state index contributed by atoms with van der Waals surface area (Å²) in [5.41, 5.74) is 0.706. The zero-order valence-corrected chi connectivity index (χ0v) is 13.3. The molecule has 5 heteroatoms. The average Bonchev–Trinajstić information content (AvgIpc) is 2.99. The zero-order valence-electron chi connectivity index (χ0n) is 13.3. The van der Waals surface area contributed by atoms with Gasteiger partial charge in [-0.2, -0.15) is 0 Å². The molecule has 2 rings (SSSR count). The lowest BCUT2D eigenvalue weighted by Gasteiger charge is -2.22. The molecule has 0 atom stereocenters. The van der Waals surface area contributed by atoms with E-state index < -0.39 is 0 Å². The lowest BCUT2D eigenvalue weighted by atomic mass is 10.2. The van der Waals surface area contributed by atoms with Crippen LogP contribution >= 0.6 is 0 Å². The van der Waals surface area contributed by atoms with Gasteiger partial charge in [0.1, 0.15) is 12.3 Å². The summed E-state index contributed by atoms with van der Waals surface area (Å²) >= 11 is 0. The van der Waals surface area contributed by atoms with E-state index in [1.807, 2.05) is 19.1 Å². The van der Waals surface area contributed by atoms with Crippen LogP contribution in [0.25, 0.3) is 0 Å². The van der Waals surface area contributed by atoms with Crippen molar-refractivity contribution in [2.75, 3.05) is 18.1 Å². The average molecular weight is 304 g/mol. The van der Waals surface area contributed by atoms with Crippen LogP contribution in [0.2, 0.25) is 0 Å². The Morgan fingerprint density at radius 3 is 2.41 bits per heavy atom. The molecular weight excluding hydrogens is 280 g/mol. The highest BCUT2D eigenvalue weighted by molar-refractivity contribution is 5.97. The standard InChI is InChI=1S/C17H24N2O3/c1-3-22-16-10-8-15(9-11-16)19(13(2)20)12-17(21)18-14-6-4-5-7-14/h8-11,14H,3-7,12H2,1-2H3,(H,18,21). The summed E-state index contributed by atoms with van der Waals surface area (Å²) in [7, 11) is 0. The van der Waals surface area contributed by atoms with Crippen molar-refractivity contribution in [3.63, 3.8) is 0 Å². The third-order valence-electron chi connectivity index (χ3n) is 3.86. The summed E-state index contributed by atoms with van der Waals surface area (Å²) in [6.45, 7) is 4.04. The van der Waals surface area contributed by atoms with Crippen LogP contribution < -0.4 is 15.0 Å². The number of carbonyl (C=O) groups is 2. The fourth-order valence-electron chi connectivity index (χ4n) is 2.76. The summed E-state index contributed by atoms with van der Waals surface area (Å²) in [6, 6.07) is 7.49. The van der Waals surface area contributed by atoms with Gasteiger partial charge in [0, 0.05) is 18.7 Å². The fraction of sp³-hybridized carbons (Fsp3) is 0.529. The molecule has 0 unspecified atom stereocenters. The van der Waals surface area contributed by atoms with Crippen LogP contribution in [0.5, 0.6) is 5.75 Å². The minimum atomic E-state index is -0.147. The highest BCUT2D eigenvalue weighted by Crippen LogP contribution is 2.20. The maximum atomic E-state index is 12.1. The van der Waals surface area contributed by atoms with Gasteiger partial charge in [0.2, 0.25) is 11.8 Å². The number of ether oxygens (including phenoxy) is 1. The van der Waals surface area contributed by atoms with Crippen molar-refractivity contribution >= 4 is 17.5 Å². The Bertz CT molecular complexity index is 507. The van der Waals surface area contributed by atoms with Gasteiger partial charge in [0.15, 0.2) is 0 Å². The third-order valence-corrected chi connectivity index (χ3v) is 3.86. The Morgan fingerprint density at radius 1 is 1.23 bits per heavy atom. The molecular formula is C17H24N2O3. The van der Waals surface area contributed by atoms with Crippen LogP contribution in [0, 0.1) is 0 Å². The highest BCUT2D eigenvalue weighted by atomic mass is 16.5. The predicted molar refractivity (Wildman–Crippen MR) is 86.0 cm³/mol. The van der Waals surface area contributed by atoms with E-state index in [9.17, 15) is 9.59 Å². The van der Waals surface area contributed by atoms with E-state index in [4.69, 9.17) is 4.74 Å². The van der Waals surface area contributed by atoms with Gasteiger partial charge in [-0.05, 0) is 44.0 Å². The van der Waals surface area contributed by atoms with E-state index in [1.54, 1.807) is 12.1 Å². The first kappa shape index (κ1) is 16.3. The monoisotopic (exact) mass is 304 g/mol. The first-order valence-corrected chi connectivity index (χ1v) is 7.90. The molecule has 1 aliphatic rings. The molecule has 1 saturated carbocycles. The van der Waals surface area contributed by atoms with Crippen molar-refractivity contribution in [3.8, 4) is 5.75 Å². The molecule has 0 spiro atoms. The van der Waals surface area contributed by atoms with Gasteiger partial charge in [-0.1, -0.05) is 12.8 Å². The Labute approximate surface area is 131 Å². The van der Waals surface area contributed by atoms with Gasteiger partial charge < -0.3 is 15.0 Å². The Morgan fingerprint density at radius 2 is 1.86 bits per heavy atom. The van der Waals surface area contributed by atoms with Crippen molar-refractivity contribution in [2.24, 2.45) is 0 Å². The number of nitrogens with zero attached hydrogens (tertiary/aromatic N) is 1. The molecule has 1 aromatic rings. The number of amides is 2. The van der Waals surface area contributed by atoms with E-state index in [0.717, 1.165) is 18.6 Å². The van der Waals surface area contributed by atoms with Crippen LogP contribution in [-0.4, -0.2) is 31.0 Å². The molecule has 1 aromatic carbocycles. The van der Waals surface area contributed by atoms with Gasteiger partial charge in [0.25, 0.3) is 0 Å². The maximum absolute atomic E-state index is 12.1. The molecule has 1 N–H and O–H groups in total. The minimum absolute atomic E-state index is 0.0554. The number of hydrogen-bond donors (Lipinski definition) is 1. The molecule has 0 bridgehead atoms. The van der Waals surface area contributed by atoms with Crippen molar-refractivity contribution in [1.29, 1.82) is 0 Å². The topological polar surface area (TPSA) is 58.6 Å². The molecule has 1 aliphatic carbocycles. The third kappa shape index (κ3) is 4.48. The second kappa shape index (κ2) is 7.82. The molecule has 2 amide bonds. The van der Waals surface area contributed by atoms with Gasteiger partial charge >= 0.3 is 0 Å². The first-order chi connectivity index (χ1) is 10.6. The zero-order chi connectivity index (χ0) is 15.9. The number of rotatable bonds is 6. The lowest BCUT2D eigenvalue weighted by molar-refractivity contribution is -0.123. The number of nitrogens with one attached hydrogen (secondary N) is 1. The molecule has 0 aliphatic heterocycles. The van der Waals surface area contributed by atoms with Gasteiger partial charge in [-0.15, -0.1) is 0 Å². The number of carbonyl (C=O) groups excluding carboxylic acids is 2. The molecule has 1 fully saturated rings. The number of hydrogen-bond acceptors (Lipinski definition) is 3. The number of benzene rings is 1. The Hall–Kier alpha value is -2.04. The summed E-state index contributed by atoms with van der Waals surface area (Å²) in [5.74, 6) is 0.506. The smallest absolute Gasteiger partial charge is 0.240 e. The van der Waals surface area contributed by atoms with Crippen LogP contribution in [0.15, 0.2) is 24.3 Å². The van der Waals surface area contributed by atoms with E-state index in [0.29, 0.717) is 12.3 Å². The van der Waals surface area contributed by atoms with E-state index in [-0.39, 0.29) is 24.4 Å². The fourth-order valence-corrected chi connectivity index (χ4v) is 2.76. The quantitative estimate of drug-likeness (QED) is 0.878. The molecule has 0 saturated heterocycles. The summed E-state index contributed by atoms with van der Waals surface area (Å²) in [6.07, 6.45) is 4.41. The summed E-state index contributed by atoms with van der Waals surface area (Å²) in [4.78, 5) is 25.5. The van der Waals surface area contributed by atoms with Crippen molar-refractivity contribution in [1.82, 2.24) is 5.32 Å². The van der Waals surface area contributed by atoms with Gasteiger partial charge in [0.05, 0.1) is 6.61 Å². The van der Waals surface area contributed by atoms with Crippen molar-refractivity contribution in [2.45, 2.75) is 45.6 Å². The van der Waals surface area contributed by atoms with Crippen LogP contribution in [0.1, 0.15) is 39.5 Å². The number of anilines is 1. The van der Waals surface area contributed by atoms with E-state index in [2.05, 4.69) is 5.32 Å². The van der Waals surface area contributed by atoms with Crippen molar-refractivity contribution in [3.05, 3.63) is 24.3 Å². The van der Waals surface area contributed by atoms with E-state index in [1.165, 1.54) is 24.7 Å². The Balaban J connectivity index is 1.99. The maximum Gasteiger partial charge on any atom is 0.240 e. The van der Waals surface area contributed by atoms with Crippen LogP contribution in [0.3, 0.4) is 0 Å². The molecule has 22 heavy (non-hydrogen) atoms. The largest absolute Gasteiger partial charge is 0.494 e. The van der Waals surface area contributed by atoms with Crippen LogP contribution in [0.4, 0.5) is 5.69 Å². The molecule has 0 radical (unpaired) electrons. The molecule has 0 aromatic heterocycles. The van der Waals surface area contributed by atoms with Gasteiger partial charge in [-0.25, -0.2) is 0 Å². The van der Waals surface area contributed by atoms with E-state index >= 15 is 0 Å².